The van der Waals surface area contributed by atoms with Crippen molar-refractivity contribution in [3.05, 3.63) is 0 Å². The van der Waals surface area contributed by atoms with Gasteiger partial charge < -0.3 is 10.6 Å². The molecule has 0 aliphatic carbocycles. The Balaban J connectivity index is 2.03. The molecule has 2 heteroatoms. The van der Waals surface area contributed by atoms with Crippen molar-refractivity contribution in [1.82, 2.24) is 10.6 Å². The van der Waals surface area contributed by atoms with Gasteiger partial charge in [-0.1, -0.05) is 0 Å². The summed E-state index contributed by atoms with van der Waals surface area (Å²) in [6.45, 7) is 3.68. The van der Waals surface area contributed by atoms with Crippen LogP contribution >= 0.6 is 0 Å². The molecule has 2 bridgehead atoms. The fourth-order valence-electron chi connectivity index (χ4n) is 1.68. The lowest BCUT2D eigenvalue weighted by Gasteiger charge is -2.17. The molecule has 0 spiro atoms. The van der Waals surface area contributed by atoms with Gasteiger partial charge in [0.05, 0.1) is 0 Å². The molecule has 0 saturated carbocycles. The van der Waals surface area contributed by atoms with Crippen LogP contribution in [-0.4, -0.2) is 25.7 Å². The van der Waals surface area contributed by atoms with Crippen LogP contribution in [-0.2, 0) is 0 Å². The topological polar surface area (TPSA) is 24.1 Å². The summed E-state index contributed by atoms with van der Waals surface area (Å²) in [4.78, 5) is 0. The lowest BCUT2D eigenvalue weighted by Crippen LogP contribution is -2.36. The van der Waals surface area contributed by atoms with Crippen molar-refractivity contribution in [2.75, 3.05) is 19.6 Å². The molecule has 2 fully saturated rings. The molecule has 2 atom stereocenters. The van der Waals surface area contributed by atoms with E-state index in [-0.39, 0.29) is 0 Å². The maximum atomic E-state index is 3.46. The van der Waals surface area contributed by atoms with Gasteiger partial charge in [0.15, 0.2) is 0 Å². The van der Waals surface area contributed by atoms with Crippen LogP contribution in [0.2, 0.25) is 0 Å². The zero-order valence-corrected chi connectivity index (χ0v) is 4.98. The van der Waals surface area contributed by atoms with E-state index in [1.165, 1.54) is 26.1 Å². The first kappa shape index (κ1) is 4.77. The van der Waals surface area contributed by atoms with Crippen LogP contribution in [0, 0.1) is 5.92 Å². The normalized spacial score (nSPS) is 45.0. The van der Waals surface area contributed by atoms with Crippen LogP contribution in [0.25, 0.3) is 0 Å². The van der Waals surface area contributed by atoms with Gasteiger partial charge in [0, 0.05) is 12.6 Å². The summed E-state index contributed by atoms with van der Waals surface area (Å²) in [5.74, 6) is 0.939. The molecule has 0 aromatic rings. The number of hydrogen-bond donors (Lipinski definition) is 2. The minimum Gasteiger partial charge on any atom is -0.315 e. The Hall–Kier alpha value is -0.0800. The van der Waals surface area contributed by atoms with E-state index in [1.807, 2.05) is 0 Å². The fourth-order valence-corrected chi connectivity index (χ4v) is 1.68. The molecular weight excluding hydrogens is 100 g/mol. The van der Waals surface area contributed by atoms with E-state index in [4.69, 9.17) is 0 Å². The standard InChI is InChI=1S/C6H12N2/c1-5-2-7-4-6(1)8-3-5/h5-8H,1-4H2/t5-,6-/m1/s1. The maximum Gasteiger partial charge on any atom is 0.0196 e. The number of piperidine rings is 1. The predicted molar refractivity (Wildman–Crippen MR) is 32.8 cm³/mol. The molecule has 46 valence electrons. The Labute approximate surface area is 49.7 Å². The lowest BCUT2D eigenvalue weighted by atomic mass is 10.0. The second kappa shape index (κ2) is 1.71. The van der Waals surface area contributed by atoms with Crippen LogP contribution in [0.5, 0.6) is 0 Å². The van der Waals surface area contributed by atoms with Gasteiger partial charge in [-0.25, -0.2) is 0 Å². The summed E-state index contributed by atoms with van der Waals surface area (Å²) in [7, 11) is 0. The minimum atomic E-state index is 0.800. The van der Waals surface area contributed by atoms with E-state index < -0.39 is 0 Å². The number of hydrogen-bond acceptors (Lipinski definition) is 2. The molecule has 2 aliphatic heterocycles. The van der Waals surface area contributed by atoms with E-state index in [0.29, 0.717) is 0 Å². The predicted octanol–water partition coefficient (Wildman–Crippen LogP) is -0.432. The Kier molecular flexibility index (Phi) is 1.02. The minimum absolute atomic E-state index is 0.800. The molecule has 2 nitrogen and oxygen atoms in total. The molecule has 0 aromatic carbocycles. The molecule has 2 rings (SSSR count). The Bertz CT molecular complexity index is 78.5. The van der Waals surface area contributed by atoms with Crippen LogP contribution in [0.3, 0.4) is 0 Å². The third kappa shape index (κ3) is 0.644. The van der Waals surface area contributed by atoms with Crippen LogP contribution in [0.15, 0.2) is 0 Å². The fraction of sp³-hybridized carbons (Fsp3) is 1.00. The van der Waals surface area contributed by atoms with Gasteiger partial charge in [-0.15, -0.1) is 0 Å². The summed E-state index contributed by atoms with van der Waals surface area (Å²) >= 11 is 0. The van der Waals surface area contributed by atoms with Crippen molar-refractivity contribution in [1.29, 1.82) is 0 Å². The monoisotopic (exact) mass is 112 g/mol. The Morgan fingerprint density at radius 3 is 2.88 bits per heavy atom. The number of nitrogens with one attached hydrogen (secondary N) is 2. The van der Waals surface area contributed by atoms with E-state index in [2.05, 4.69) is 10.6 Å². The highest BCUT2D eigenvalue weighted by Crippen LogP contribution is 2.15. The SMILES string of the molecule is C1NC[C@H]2C[C@H]1CN2. The average Bonchev–Trinajstić information content (AvgIpc) is 2.12. The van der Waals surface area contributed by atoms with E-state index in [0.717, 1.165) is 12.0 Å². The van der Waals surface area contributed by atoms with Gasteiger partial charge in [-0.3, -0.25) is 0 Å². The summed E-state index contributed by atoms with van der Waals surface area (Å²) in [6, 6.07) is 0.800. The molecule has 0 aromatic heterocycles. The first-order valence-electron chi connectivity index (χ1n) is 3.39. The van der Waals surface area contributed by atoms with Crippen molar-refractivity contribution in [2.24, 2.45) is 5.92 Å². The van der Waals surface area contributed by atoms with E-state index in [1.54, 1.807) is 0 Å². The van der Waals surface area contributed by atoms with Crippen molar-refractivity contribution in [3.8, 4) is 0 Å². The third-order valence-corrected chi connectivity index (χ3v) is 2.14. The van der Waals surface area contributed by atoms with Crippen LogP contribution in [0.4, 0.5) is 0 Å². The zero-order valence-electron chi connectivity index (χ0n) is 4.98. The summed E-state index contributed by atoms with van der Waals surface area (Å²) in [5, 5.41) is 6.84. The maximum absolute atomic E-state index is 3.46. The summed E-state index contributed by atoms with van der Waals surface area (Å²) < 4.78 is 0. The van der Waals surface area contributed by atoms with Crippen molar-refractivity contribution in [2.45, 2.75) is 12.5 Å². The largest absolute Gasteiger partial charge is 0.315 e. The molecule has 0 unspecified atom stereocenters. The first-order valence-corrected chi connectivity index (χ1v) is 3.39. The second-order valence-corrected chi connectivity index (χ2v) is 2.87. The smallest absolute Gasteiger partial charge is 0.0196 e. The van der Waals surface area contributed by atoms with Gasteiger partial charge >= 0.3 is 0 Å². The van der Waals surface area contributed by atoms with Crippen LogP contribution < -0.4 is 10.6 Å². The lowest BCUT2D eigenvalue weighted by molar-refractivity contribution is 0.429. The Morgan fingerprint density at radius 2 is 2.12 bits per heavy atom. The van der Waals surface area contributed by atoms with Crippen molar-refractivity contribution >= 4 is 0 Å². The summed E-state index contributed by atoms with van der Waals surface area (Å²) in [6.07, 6.45) is 1.41. The van der Waals surface area contributed by atoms with Gasteiger partial charge in [0.2, 0.25) is 0 Å². The molecule has 0 radical (unpaired) electrons. The average molecular weight is 112 g/mol. The molecular formula is C6H12N2. The van der Waals surface area contributed by atoms with Gasteiger partial charge in [-0.05, 0) is 25.4 Å². The third-order valence-electron chi connectivity index (χ3n) is 2.14. The highest BCUT2D eigenvalue weighted by Gasteiger charge is 2.26. The van der Waals surface area contributed by atoms with Crippen molar-refractivity contribution in [3.63, 3.8) is 0 Å². The van der Waals surface area contributed by atoms with E-state index >= 15 is 0 Å². The zero-order chi connectivity index (χ0) is 5.40. The van der Waals surface area contributed by atoms with E-state index in [9.17, 15) is 0 Å². The highest BCUT2D eigenvalue weighted by atomic mass is 15.1. The Morgan fingerprint density at radius 1 is 1.12 bits per heavy atom. The second-order valence-electron chi connectivity index (χ2n) is 2.87. The summed E-state index contributed by atoms with van der Waals surface area (Å²) in [5.41, 5.74) is 0. The van der Waals surface area contributed by atoms with Crippen molar-refractivity contribution < 1.29 is 0 Å². The molecule has 2 N–H and O–H groups in total. The molecule has 2 aliphatic rings. The number of rotatable bonds is 0. The molecule has 2 heterocycles. The van der Waals surface area contributed by atoms with Crippen LogP contribution in [0.1, 0.15) is 6.42 Å². The number of fused-ring (bicyclic) bond motifs is 2. The first-order chi connectivity index (χ1) is 3.95. The molecule has 0 amide bonds. The molecule has 8 heavy (non-hydrogen) atoms. The van der Waals surface area contributed by atoms with Gasteiger partial charge in [0.25, 0.3) is 0 Å². The highest BCUT2D eigenvalue weighted by molar-refractivity contribution is 4.88. The van der Waals surface area contributed by atoms with Gasteiger partial charge in [0.1, 0.15) is 0 Å². The molecule has 2 saturated heterocycles. The quantitative estimate of drug-likeness (QED) is 0.444. The van der Waals surface area contributed by atoms with Gasteiger partial charge in [-0.2, -0.15) is 0 Å².